The van der Waals surface area contributed by atoms with Crippen molar-refractivity contribution < 1.29 is 9.18 Å². The number of fused-ring (bicyclic) bond motifs is 1. The average molecular weight is 329 g/mol. The third-order valence-electron chi connectivity index (χ3n) is 3.44. The fourth-order valence-electron chi connectivity index (χ4n) is 2.27. The smallest absolute Gasteiger partial charge is 0.259 e. The Labute approximate surface area is 135 Å². The minimum atomic E-state index is -0.363. The maximum atomic E-state index is 13.1. The highest BCUT2D eigenvalue weighted by molar-refractivity contribution is 7.71. The summed E-state index contributed by atoms with van der Waals surface area (Å²) in [7, 11) is 0. The topological polar surface area (TPSA) is 77.8 Å². The highest BCUT2D eigenvalue weighted by Gasteiger charge is 2.10. The summed E-state index contributed by atoms with van der Waals surface area (Å²) in [6.45, 7) is 1.70. The summed E-state index contributed by atoms with van der Waals surface area (Å²) in [5.41, 5.74) is 1.66. The zero-order chi connectivity index (χ0) is 16.6. The Balaban J connectivity index is 1.98. The fraction of sp³-hybridized carbons (Fsp3) is 0.0625. The summed E-state index contributed by atoms with van der Waals surface area (Å²) in [5, 5.41) is 3.13. The van der Waals surface area contributed by atoms with Crippen LogP contribution < -0.4 is 10.9 Å². The van der Waals surface area contributed by atoms with Crippen LogP contribution in [0.4, 0.5) is 10.1 Å². The number of benzene rings is 2. The van der Waals surface area contributed by atoms with Crippen molar-refractivity contribution in [1.82, 2.24) is 9.97 Å². The Morgan fingerprint density at radius 1 is 1.17 bits per heavy atom. The molecule has 0 aliphatic heterocycles. The zero-order valence-corrected chi connectivity index (χ0v) is 12.9. The maximum absolute atomic E-state index is 13.1. The third kappa shape index (κ3) is 3.04. The van der Waals surface area contributed by atoms with Crippen molar-refractivity contribution in [3.63, 3.8) is 0 Å². The van der Waals surface area contributed by atoms with E-state index in [0.29, 0.717) is 27.7 Å². The molecule has 3 aromatic rings. The van der Waals surface area contributed by atoms with Crippen LogP contribution >= 0.6 is 12.2 Å². The lowest BCUT2D eigenvalue weighted by atomic mass is 10.1. The summed E-state index contributed by atoms with van der Waals surface area (Å²) in [6.07, 6.45) is 0. The van der Waals surface area contributed by atoms with E-state index in [-0.39, 0.29) is 22.1 Å². The molecule has 0 aliphatic carbocycles. The van der Waals surface area contributed by atoms with Crippen molar-refractivity contribution in [1.29, 1.82) is 0 Å². The van der Waals surface area contributed by atoms with Crippen molar-refractivity contribution in [3.8, 4) is 0 Å². The lowest BCUT2D eigenvalue weighted by Crippen LogP contribution is -2.14. The third-order valence-corrected chi connectivity index (χ3v) is 3.64. The first-order valence-corrected chi connectivity index (χ1v) is 7.19. The Bertz CT molecular complexity index is 1040. The lowest BCUT2D eigenvalue weighted by Gasteiger charge is -2.09. The Hall–Kier alpha value is -2.80. The molecular formula is C16H12FN3O2S. The Morgan fingerprint density at radius 2 is 1.96 bits per heavy atom. The number of rotatable bonds is 2. The molecule has 23 heavy (non-hydrogen) atoms. The van der Waals surface area contributed by atoms with Gasteiger partial charge in [0.1, 0.15) is 5.82 Å². The number of nitrogens with one attached hydrogen (secondary N) is 3. The van der Waals surface area contributed by atoms with Crippen LogP contribution in [0.5, 0.6) is 0 Å². The molecule has 116 valence electrons. The van der Waals surface area contributed by atoms with E-state index in [2.05, 4.69) is 15.3 Å². The minimum Gasteiger partial charge on any atom is -0.332 e. The number of aromatic nitrogens is 2. The van der Waals surface area contributed by atoms with Crippen molar-refractivity contribution in [2.75, 3.05) is 5.32 Å². The van der Waals surface area contributed by atoms with Crippen molar-refractivity contribution in [2.45, 2.75) is 6.92 Å². The molecule has 3 rings (SSSR count). The first kappa shape index (κ1) is 15.1. The second-order valence-electron chi connectivity index (χ2n) is 5.08. The first-order valence-electron chi connectivity index (χ1n) is 6.78. The molecule has 0 fully saturated rings. The molecule has 1 aromatic heterocycles. The molecule has 0 spiro atoms. The van der Waals surface area contributed by atoms with E-state index in [1.807, 2.05) is 0 Å². The number of carbonyl (C=O) groups is 1. The van der Waals surface area contributed by atoms with Crippen molar-refractivity contribution in [2.24, 2.45) is 0 Å². The first-order chi connectivity index (χ1) is 10.9. The van der Waals surface area contributed by atoms with Gasteiger partial charge in [0.15, 0.2) is 4.77 Å². The second-order valence-corrected chi connectivity index (χ2v) is 5.49. The van der Waals surface area contributed by atoms with Gasteiger partial charge in [-0.05, 0) is 61.1 Å². The van der Waals surface area contributed by atoms with Crippen LogP contribution in [-0.4, -0.2) is 15.9 Å². The van der Waals surface area contributed by atoms with Crippen LogP contribution in [0.2, 0.25) is 0 Å². The molecular weight excluding hydrogens is 317 g/mol. The normalized spacial score (nSPS) is 10.7. The van der Waals surface area contributed by atoms with Crippen molar-refractivity contribution in [3.05, 3.63) is 68.5 Å². The summed E-state index contributed by atoms with van der Waals surface area (Å²) in [6, 6.07) is 8.76. The van der Waals surface area contributed by atoms with Gasteiger partial charge in [0.25, 0.3) is 11.5 Å². The van der Waals surface area contributed by atoms with E-state index in [1.54, 1.807) is 25.1 Å². The molecule has 0 unspecified atom stereocenters. The van der Waals surface area contributed by atoms with E-state index in [1.165, 1.54) is 18.2 Å². The maximum Gasteiger partial charge on any atom is 0.259 e. The Morgan fingerprint density at radius 3 is 2.70 bits per heavy atom. The predicted octanol–water partition coefficient (Wildman–Crippen LogP) is 3.29. The number of carbonyl (C=O) groups excluding carboxylic acids is 1. The van der Waals surface area contributed by atoms with Crippen LogP contribution in [-0.2, 0) is 0 Å². The number of hydrogen-bond donors (Lipinski definition) is 3. The van der Waals surface area contributed by atoms with E-state index in [9.17, 15) is 14.0 Å². The SMILES string of the molecule is Cc1cc(F)ccc1NC(=O)c1ccc2c(=O)[nH]c(=S)[nH]c2c1. The molecule has 0 saturated heterocycles. The van der Waals surface area contributed by atoms with Gasteiger partial charge in [-0.3, -0.25) is 14.6 Å². The molecule has 0 saturated carbocycles. The largest absolute Gasteiger partial charge is 0.332 e. The van der Waals surface area contributed by atoms with E-state index in [0.717, 1.165) is 0 Å². The van der Waals surface area contributed by atoms with Crippen LogP contribution in [0.1, 0.15) is 15.9 Å². The number of amides is 1. The quantitative estimate of drug-likeness (QED) is 0.631. The van der Waals surface area contributed by atoms with Crippen LogP contribution in [0, 0.1) is 17.5 Å². The van der Waals surface area contributed by atoms with Gasteiger partial charge in [0.05, 0.1) is 10.9 Å². The standard InChI is InChI=1S/C16H12FN3O2S/c1-8-6-10(17)3-5-12(8)18-14(21)9-2-4-11-13(7-9)19-16(23)20-15(11)22/h2-7H,1H3,(H,18,21)(H2,19,20,22,23). The average Bonchev–Trinajstić information content (AvgIpc) is 2.49. The van der Waals surface area contributed by atoms with Crippen molar-refractivity contribution >= 4 is 34.7 Å². The summed E-state index contributed by atoms with van der Waals surface area (Å²) in [5.74, 6) is -0.723. The lowest BCUT2D eigenvalue weighted by molar-refractivity contribution is 0.102. The molecule has 2 aromatic carbocycles. The van der Waals surface area contributed by atoms with Crippen LogP contribution in [0.3, 0.4) is 0 Å². The van der Waals surface area contributed by atoms with Gasteiger partial charge in [-0.1, -0.05) is 0 Å². The molecule has 0 atom stereocenters. The van der Waals surface area contributed by atoms with Gasteiger partial charge in [-0.15, -0.1) is 0 Å². The zero-order valence-electron chi connectivity index (χ0n) is 12.1. The number of halogens is 1. The minimum absolute atomic E-state index is 0.189. The Kier molecular flexibility index (Phi) is 3.79. The summed E-state index contributed by atoms with van der Waals surface area (Å²) < 4.78 is 13.3. The number of aryl methyl sites for hydroxylation is 1. The van der Waals surface area contributed by atoms with E-state index < -0.39 is 0 Å². The highest BCUT2D eigenvalue weighted by Crippen LogP contribution is 2.17. The van der Waals surface area contributed by atoms with Crippen LogP contribution in [0.25, 0.3) is 10.9 Å². The number of anilines is 1. The van der Waals surface area contributed by atoms with E-state index >= 15 is 0 Å². The predicted molar refractivity (Wildman–Crippen MR) is 88.8 cm³/mol. The molecule has 7 heteroatoms. The molecule has 0 radical (unpaired) electrons. The van der Waals surface area contributed by atoms with Gasteiger partial charge in [0, 0.05) is 11.3 Å². The molecule has 0 aliphatic rings. The number of aromatic amines is 2. The highest BCUT2D eigenvalue weighted by atomic mass is 32.1. The van der Waals surface area contributed by atoms with Gasteiger partial charge in [0.2, 0.25) is 0 Å². The van der Waals surface area contributed by atoms with Gasteiger partial charge in [-0.2, -0.15) is 0 Å². The second kappa shape index (κ2) is 5.77. The summed E-state index contributed by atoms with van der Waals surface area (Å²) in [4.78, 5) is 29.4. The molecule has 5 nitrogen and oxygen atoms in total. The van der Waals surface area contributed by atoms with E-state index in [4.69, 9.17) is 12.2 Å². The molecule has 0 bridgehead atoms. The van der Waals surface area contributed by atoms with Gasteiger partial charge >= 0.3 is 0 Å². The van der Waals surface area contributed by atoms with Gasteiger partial charge in [-0.25, -0.2) is 4.39 Å². The number of hydrogen-bond acceptors (Lipinski definition) is 3. The monoisotopic (exact) mass is 329 g/mol. The number of H-pyrrole nitrogens is 2. The molecule has 3 N–H and O–H groups in total. The molecule has 1 heterocycles. The fourth-order valence-corrected chi connectivity index (χ4v) is 2.48. The van der Waals surface area contributed by atoms with Crippen LogP contribution in [0.15, 0.2) is 41.2 Å². The van der Waals surface area contributed by atoms with Gasteiger partial charge < -0.3 is 10.3 Å². The summed E-state index contributed by atoms with van der Waals surface area (Å²) >= 11 is 4.92. The molecule has 1 amide bonds.